The average molecular weight is 1030 g/mol. The van der Waals surface area contributed by atoms with Crippen LogP contribution in [0.3, 0.4) is 0 Å². The highest BCUT2D eigenvalue weighted by molar-refractivity contribution is 8.00. The Balaban J connectivity index is 0.00000102. The van der Waals surface area contributed by atoms with E-state index < -0.39 is 15.6 Å². The fraction of sp³-hybridized carbons (Fsp3) is 0.291. The second-order valence-electron chi connectivity index (χ2n) is 16.4. The van der Waals surface area contributed by atoms with Crippen molar-refractivity contribution in [2.75, 3.05) is 0 Å². The van der Waals surface area contributed by atoms with Gasteiger partial charge in [0, 0.05) is 46.1 Å². The summed E-state index contributed by atoms with van der Waals surface area (Å²) in [6.07, 6.45) is 9.19. The summed E-state index contributed by atoms with van der Waals surface area (Å²) in [5, 5.41) is 0. The summed E-state index contributed by atoms with van der Waals surface area (Å²) in [6.45, 7) is 11.5. The maximum absolute atomic E-state index is 12.4. The molecule has 6 rings (SSSR count). The number of alkyl halides is 3. The predicted octanol–water partition coefficient (Wildman–Crippen LogP) is 15.9. The maximum Gasteiger partial charge on any atom is 0.485 e. The van der Waals surface area contributed by atoms with Crippen molar-refractivity contribution in [1.29, 1.82) is 0 Å². The molecule has 14 heteroatoms. The second-order valence-corrected chi connectivity index (χ2v) is 23.2. The van der Waals surface area contributed by atoms with Crippen molar-refractivity contribution in [3.63, 3.8) is 0 Å². The van der Waals surface area contributed by atoms with Crippen LogP contribution in [0, 0.1) is 0 Å². The smallest absolute Gasteiger partial charge is 0.485 e. The molecule has 0 spiro atoms. The monoisotopic (exact) mass is 1030 g/mol. The van der Waals surface area contributed by atoms with Crippen molar-refractivity contribution in [3.05, 3.63) is 161 Å². The van der Waals surface area contributed by atoms with Gasteiger partial charge in [-0.3, -0.25) is 14.4 Å². The van der Waals surface area contributed by atoms with Gasteiger partial charge in [-0.15, -0.1) is 0 Å². The van der Waals surface area contributed by atoms with Crippen molar-refractivity contribution >= 4 is 73.6 Å². The third-order valence-electron chi connectivity index (χ3n) is 10.9. The molecule has 0 radical (unpaired) electrons. The van der Waals surface area contributed by atoms with Crippen LogP contribution in [-0.2, 0) is 40.3 Å². The zero-order chi connectivity index (χ0) is 50.3. The van der Waals surface area contributed by atoms with Gasteiger partial charge in [-0.2, -0.15) is 13.2 Å². The molecule has 6 aromatic carbocycles. The standard InChI is InChI=1S/C54H57O3S4.CHF3O3S/c1-7-10-13-40-34-46(22-31-52(40)37(4)55)58-43-16-25-49(26-17-43)61(50-27-18-44(19-28-50)59-47-23-32-53(38(5)56)41(35-47)14-11-8-2)51-29-20-45(21-30-51)60-48-24-33-54(39(6)57)42(36-48)15-12-9-3;2-1(3,4)8(5,6)7/h16-36H,7-15H2,1-6H3;(H,5,6,7)/q+1;/p-1. The van der Waals surface area contributed by atoms with Gasteiger partial charge in [0.15, 0.2) is 42.2 Å². The number of halogens is 3. The summed E-state index contributed by atoms with van der Waals surface area (Å²) in [5.74, 6) is 0.367. The Labute approximate surface area is 421 Å². The number of ketones is 3. The number of carbonyl (C=O) groups excluding carboxylic acids is 3. The summed E-state index contributed by atoms with van der Waals surface area (Å²) in [6, 6.07) is 45.7. The third kappa shape index (κ3) is 16.2. The van der Waals surface area contributed by atoms with Gasteiger partial charge in [0.2, 0.25) is 0 Å². The minimum absolute atomic E-state index is 0.122. The summed E-state index contributed by atoms with van der Waals surface area (Å²) in [4.78, 5) is 47.7. The largest absolute Gasteiger partial charge is 0.741 e. The van der Waals surface area contributed by atoms with Gasteiger partial charge >= 0.3 is 5.51 Å². The van der Waals surface area contributed by atoms with E-state index in [9.17, 15) is 27.6 Å². The topological polar surface area (TPSA) is 108 Å². The Hall–Kier alpha value is -4.57. The van der Waals surface area contributed by atoms with E-state index in [0.29, 0.717) is 0 Å². The fourth-order valence-electron chi connectivity index (χ4n) is 7.40. The number of rotatable bonds is 21. The van der Waals surface area contributed by atoms with Crippen LogP contribution in [-0.4, -0.2) is 35.8 Å². The lowest BCUT2D eigenvalue weighted by Gasteiger charge is -2.12. The van der Waals surface area contributed by atoms with E-state index in [2.05, 4.69) is 130 Å². The lowest BCUT2D eigenvalue weighted by Crippen LogP contribution is -2.21. The van der Waals surface area contributed by atoms with E-state index in [0.717, 1.165) is 121 Å². The fourth-order valence-corrected chi connectivity index (χ4v) is 12.1. The van der Waals surface area contributed by atoms with Crippen LogP contribution in [0.2, 0.25) is 0 Å². The molecule has 0 aliphatic rings. The van der Waals surface area contributed by atoms with Crippen molar-refractivity contribution in [2.45, 2.75) is 149 Å². The van der Waals surface area contributed by atoms with Crippen molar-refractivity contribution < 1.29 is 40.5 Å². The highest BCUT2D eigenvalue weighted by atomic mass is 32.2. The van der Waals surface area contributed by atoms with E-state index in [-0.39, 0.29) is 28.2 Å². The van der Waals surface area contributed by atoms with Crippen molar-refractivity contribution in [3.8, 4) is 0 Å². The lowest BCUT2D eigenvalue weighted by molar-refractivity contribution is -0.0518. The number of hydrogen-bond donors (Lipinski definition) is 0. The molecule has 6 aromatic rings. The van der Waals surface area contributed by atoms with E-state index in [1.807, 2.05) is 18.2 Å². The molecule has 0 aromatic heterocycles. The Morgan fingerprint density at radius 1 is 0.464 bits per heavy atom. The number of carbonyl (C=O) groups is 3. The molecule has 364 valence electrons. The molecule has 0 aliphatic heterocycles. The molecule has 0 heterocycles. The van der Waals surface area contributed by atoms with Crippen LogP contribution >= 0.6 is 35.3 Å². The molecule has 0 N–H and O–H groups in total. The van der Waals surface area contributed by atoms with Gasteiger partial charge in [-0.1, -0.05) is 93.5 Å². The highest BCUT2D eigenvalue weighted by Gasteiger charge is 2.37. The van der Waals surface area contributed by atoms with Crippen molar-refractivity contribution in [1.82, 2.24) is 0 Å². The van der Waals surface area contributed by atoms with Crippen LogP contribution in [0.15, 0.2) is 171 Å². The van der Waals surface area contributed by atoms with Gasteiger partial charge in [0.25, 0.3) is 0 Å². The first-order valence-corrected chi connectivity index (χ1v) is 27.9. The second kappa shape index (κ2) is 26.0. The Bertz CT molecular complexity index is 2540. The zero-order valence-corrected chi connectivity index (χ0v) is 43.7. The minimum atomic E-state index is -6.09. The zero-order valence-electron chi connectivity index (χ0n) is 39.6. The molecule has 0 saturated heterocycles. The molecule has 0 saturated carbocycles. The first-order chi connectivity index (χ1) is 32.8. The van der Waals surface area contributed by atoms with Gasteiger partial charge in [0.1, 0.15) is 0 Å². The third-order valence-corrected chi connectivity index (χ3v) is 16.7. The SMILES string of the molecule is CCCCc1cc(Sc2ccc([S+](c3ccc(Sc4ccc(C(C)=O)c(CCCC)c4)cc3)c3ccc(Sc4ccc(C(C)=O)c(CCCC)c4)cc3)cc2)ccc1C(C)=O.O=S(=O)([O-])C(F)(F)F. The molecule has 0 amide bonds. The molecule has 0 aliphatic carbocycles. The van der Waals surface area contributed by atoms with Gasteiger partial charge in [-0.05, 0) is 185 Å². The Kier molecular flexibility index (Phi) is 20.9. The number of unbranched alkanes of at least 4 members (excludes halogenated alkanes) is 3. The molecule has 6 nitrogen and oxygen atoms in total. The molecule has 0 unspecified atom stereocenters. The number of benzene rings is 6. The summed E-state index contributed by atoms with van der Waals surface area (Å²) in [7, 11) is -6.46. The van der Waals surface area contributed by atoms with Gasteiger partial charge < -0.3 is 4.55 Å². The lowest BCUT2D eigenvalue weighted by atomic mass is 10.00. The molecule has 69 heavy (non-hydrogen) atoms. The van der Waals surface area contributed by atoms with Crippen LogP contribution < -0.4 is 0 Å². The quantitative estimate of drug-likeness (QED) is 0.0301. The molecular formula is C55H57F3O6S5. The summed E-state index contributed by atoms with van der Waals surface area (Å²) < 4.78 is 58.9. The van der Waals surface area contributed by atoms with Gasteiger partial charge in [0.05, 0.1) is 10.9 Å². The number of aryl methyl sites for hydroxylation is 3. The van der Waals surface area contributed by atoms with E-state index in [1.165, 1.54) is 14.7 Å². The number of hydrogen-bond acceptors (Lipinski definition) is 9. The molecule has 0 fully saturated rings. The first kappa shape index (κ1) is 55.4. The van der Waals surface area contributed by atoms with Crippen molar-refractivity contribution in [2.24, 2.45) is 0 Å². The van der Waals surface area contributed by atoms with E-state index >= 15 is 0 Å². The summed E-state index contributed by atoms with van der Waals surface area (Å²) >= 11 is 5.21. The number of Topliss-reactive ketones (excluding diaryl/α,β-unsaturated/α-hetero) is 3. The van der Waals surface area contributed by atoms with Crippen LogP contribution in [0.1, 0.15) is 128 Å². The Morgan fingerprint density at radius 2 is 0.696 bits per heavy atom. The minimum Gasteiger partial charge on any atom is -0.741 e. The average Bonchev–Trinajstić information content (AvgIpc) is 3.30. The first-order valence-electron chi connectivity index (χ1n) is 22.8. The Morgan fingerprint density at radius 3 is 0.899 bits per heavy atom. The molecule has 0 bridgehead atoms. The summed E-state index contributed by atoms with van der Waals surface area (Å²) in [5.41, 5.74) is 0.249. The maximum atomic E-state index is 12.4. The predicted molar refractivity (Wildman–Crippen MR) is 275 cm³/mol. The normalized spacial score (nSPS) is 11.6. The van der Waals surface area contributed by atoms with Crippen LogP contribution in [0.25, 0.3) is 0 Å². The van der Waals surface area contributed by atoms with E-state index in [1.54, 1.807) is 56.1 Å². The van der Waals surface area contributed by atoms with E-state index in [4.69, 9.17) is 13.0 Å². The molecular weight excluding hydrogens is 974 g/mol. The molecule has 0 atom stereocenters. The van der Waals surface area contributed by atoms with Gasteiger partial charge in [-0.25, -0.2) is 8.42 Å². The highest BCUT2D eigenvalue weighted by Crippen LogP contribution is 2.39. The van der Waals surface area contributed by atoms with Crippen LogP contribution in [0.5, 0.6) is 0 Å². The van der Waals surface area contributed by atoms with Crippen LogP contribution in [0.4, 0.5) is 13.2 Å².